The van der Waals surface area contributed by atoms with E-state index in [-0.39, 0.29) is 18.2 Å². The molecule has 0 saturated carbocycles. The molecule has 2 aliphatic carbocycles. The summed E-state index contributed by atoms with van der Waals surface area (Å²) in [6.45, 7) is 3.41. The number of hydrogen-bond donors (Lipinski definition) is 1. The van der Waals surface area contributed by atoms with E-state index in [0.29, 0.717) is 41.9 Å². The summed E-state index contributed by atoms with van der Waals surface area (Å²) in [6.07, 6.45) is 2.48. The number of nitrogens with one attached hydrogen (secondary N) is 1. The van der Waals surface area contributed by atoms with E-state index in [9.17, 15) is 22.8 Å². The van der Waals surface area contributed by atoms with Crippen LogP contribution < -0.4 is 5.32 Å². The Balaban J connectivity index is 1.60. The monoisotopic (exact) mass is 497 g/mol. The smallest absolute Gasteiger partial charge is 0.435 e. The van der Waals surface area contributed by atoms with Crippen molar-refractivity contribution in [3.05, 3.63) is 33.0 Å². The van der Waals surface area contributed by atoms with Crippen LogP contribution >= 0.6 is 11.3 Å². The summed E-state index contributed by atoms with van der Waals surface area (Å²) in [5, 5.41) is 7.01. The highest BCUT2D eigenvalue weighted by molar-refractivity contribution is 7.17. The van der Waals surface area contributed by atoms with Gasteiger partial charge in [0.05, 0.1) is 11.7 Å². The topological polar surface area (TPSA) is 73.2 Å². The van der Waals surface area contributed by atoms with Gasteiger partial charge in [-0.25, -0.2) is 4.79 Å². The number of halogens is 3. The maximum atomic E-state index is 13.6. The molecular weight excluding hydrogens is 467 g/mol. The first-order valence-corrected chi connectivity index (χ1v) is 12.8. The highest BCUT2D eigenvalue weighted by Crippen LogP contribution is 2.39. The summed E-state index contributed by atoms with van der Waals surface area (Å²) in [4.78, 5) is 27.0. The van der Waals surface area contributed by atoms with Crippen LogP contribution in [0.5, 0.6) is 0 Å². The van der Waals surface area contributed by atoms with E-state index in [1.165, 1.54) is 16.0 Å². The number of esters is 1. The molecule has 2 aromatic heterocycles. The molecule has 10 heteroatoms. The van der Waals surface area contributed by atoms with Crippen LogP contribution in [-0.2, 0) is 47.9 Å². The number of carbonyl (C=O) groups is 2. The molecule has 186 valence electrons. The predicted octanol–water partition coefficient (Wildman–Crippen LogP) is 5.71. The van der Waals surface area contributed by atoms with Gasteiger partial charge >= 0.3 is 12.1 Å². The Kier molecular flexibility index (Phi) is 7.35. The lowest BCUT2D eigenvalue weighted by Crippen LogP contribution is -2.23. The van der Waals surface area contributed by atoms with E-state index in [1.54, 1.807) is 0 Å². The van der Waals surface area contributed by atoms with Crippen molar-refractivity contribution in [1.82, 2.24) is 9.78 Å². The molecule has 1 unspecified atom stereocenters. The van der Waals surface area contributed by atoms with Gasteiger partial charge < -0.3 is 10.1 Å². The summed E-state index contributed by atoms with van der Waals surface area (Å²) in [5.41, 5.74) is 1.13. The number of aromatic nitrogens is 2. The molecule has 2 aromatic rings. The summed E-state index contributed by atoms with van der Waals surface area (Å²) >= 11 is 1.36. The fraction of sp³-hybridized carbons (Fsp3) is 0.625. The van der Waals surface area contributed by atoms with Gasteiger partial charge in [0.1, 0.15) is 11.5 Å². The number of ether oxygens (including phenoxy) is 1. The number of hydrogen-bond acceptors (Lipinski definition) is 5. The summed E-state index contributed by atoms with van der Waals surface area (Å²) in [7, 11) is 0. The molecule has 4 rings (SSSR count). The number of amides is 1. The maximum Gasteiger partial charge on any atom is 0.435 e. The Morgan fingerprint density at radius 1 is 1.09 bits per heavy atom. The summed E-state index contributed by atoms with van der Waals surface area (Å²) < 4.78 is 47.5. The zero-order valence-electron chi connectivity index (χ0n) is 19.5. The Morgan fingerprint density at radius 2 is 1.76 bits per heavy atom. The van der Waals surface area contributed by atoms with Crippen LogP contribution in [0.4, 0.5) is 18.2 Å². The second-order valence-corrected chi connectivity index (χ2v) is 10.2. The number of aryl methyl sites for hydroxylation is 1. The minimum absolute atomic E-state index is 0.210. The molecule has 0 aliphatic heterocycles. The highest BCUT2D eigenvalue weighted by Gasteiger charge is 2.39. The van der Waals surface area contributed by atoms with Crippen LogP contribution in [0, 0.1) is 0 Å². The number of rotatable bonds is 6. The van der Waals surface area contributed by atoms with Crippen molar-refractivity contribution in [1.29, 1.82) is 0 Å². The Bertz CT molecular complexity index is 1070. The number of thiophene rings is 1. The third kappa shape index (κ3) is 5.16. The molecule has 0 radical (unpaired) electrons. The molecule has 2 heterocycles. The van der Waals surface area contributed by atoms with Crippen LogP contribution in [0.3, 0.4) is 0 Å². The fourth-order valence-corrected chi connectivity index (χ4v) is 6.00. The van der Waals surface area contributed by atoms with Gasteiger partial charge in [0.2, 0.25) is 5.91 Å². The van der Waals surface area contributed by atoms with E-state index in [4.69, 9.17) is 4.74 Å². The lowest BCUT2D eigenvalue weighted by molar-refractivity contribution is -0.142. The number of nitrogens with zero attached hydrogens (tertiary/aromatic N) is 2. The van der Waals surface area contributed by atoms with Crippen molar-refractivity contribution in [3.63, 3.8) is 0 Å². The first-order valence-electron chi connectivity index (χ1n) is 12.0. The molecule has 6 nitrogen and oxygen atoms in total. The molecular formula is C24H30F3N3O3S. The first kappa shape index (κ1) is 24.8. The zero-order valence-corrected chi connectivity index (χ0v) is 20.3. The molecule has 2 aliphatic rings. The SMILES string of the molecule is CCC(C)OC(=O)c1c(NC(=O)Cn2nc(C(F)(F)F)c3c2CCCCC3)sc2c1CCCC2. The van der Waals surface area contributed by atoms with Crippen LogP contribution in [-0.4, -0.2) is 27.8 Å². The van der Waals surface area contributed by atoms with Crippen molar-refractivity contribution in [2.24, 2.45) is 0 Å². The molecule has 34 heavy (non-hydrogen) atoms. The number of anilines is 1. The molecule has 1 N–H and O–H groups in total. The van der Waals surface area contributed by atoms with Gasteiger partial charge in [-0.1, -0.05) is 13.3 Å². The van der Waals surface area contributed by atoms with Gasteiger partial charge in [0, 0.05) is 16.1 Å². The van der Waals surface area contributed by atoms with E-state index >= 15 is 0 Å². The zero-order chi connectivity index (χ0) is 24.5. The van der Waals surface area contributed by atoms with Gasteiger partial charge in [-0.2, -0.15) is 18.3 Å². The quantitative estimate of drug-likeness (QED) is 0.410. The maximum absolute atomic E-state index is 13.6. The second-order valence-electron chi connectivity index (χ2n) is 9.08. The number of carbonyl (C=O) groups excluding carboxylic acids is 2. The van der Waals surface area contributed by atoms with Gasteiger partial charge in [-0.05, 0) is 70.3 Å². The lowest BCUT2D eigenvalue weighted by Gasteiger charge is -2.15. The van der Waals surface area contributed by atoms with Crippen molar-refractivity contribution in [2.45, 2.75) is 96.9 Å². The fourth-order valence-electron chi connectivity index (χ4n) is 4.70. The van der Waals surface area contributed by atoms with E-state index in [1.807, 2.05) is 13.8 Å². The van der Waals surface area contributed by atoms with Crippen molar-refractivity contribution in [2.75, 3.05) is 5.32 Å². The Hall–Kier alpha value is -2.36. The van der Waals surface area contributed by atoms with Crippen molar-refractivity contribution in [3.8, 4) is 0 Å². The third-order valence-electron chi connectivity index (χ3n) is 6.58. The molecule has 0 aromatic carbocycles. The van der Waals surface area contributed by atoms with Gasteiger partial charge in [0.15, 0.2) is 5.69 Å². The molecule has 0 bridgehead atoms. The summed E-state index contributed by atoms with van der Waals surface area (Å²) in [5.74, 6) is -0.962. The van der Waals surface area contributed by atoms with Gasteiger partial charge in [-0.3, -0.25) is 9.48 Å². The molecule has 1 amide bonds. The minimum Gasteiger partial charge on any atom is -0.459 e. The lowest BCUT2D eigenvalue weighted by atomic mass is 9.95. The van der Waals surface area contributed by atoms with Crippen molar-refractivity contribution >= 4 is 28.2 Å². The molecule has 1 atom stereocenters. The van der Waals surface area contributed by atoms with Crippen molar-refractivity contribution < 1.29 is 27.5 Å². The van der Waals surface area contributed by atoms with E-state index in [0.717, 1.165) is 49.0 Å². The average Bonchev–Trinajstić information content (AvgIpc) is 3.20. The Labute approximate surface area is 200 Å². The van der Waals surface area contributed by atoms with E-state index in [2.05, 4.69) is 10.4 Å². The number of alkyl halides is 3. The normalized spacial score (nSPS) is 16.9. The summed E-state index contributed by atoms with van der Waals surface area (Å²) in [6, 6.07) is 0. The third-order valence-corrected chi connectivity index (χ3v) is 7.79. The van der Waals surface area contributed by atoms with Gasteiger partial charge in [-0.15, -0.1) is 11.3 Å². The standard InChI is InChI=1S/C24H30F3N3O3S/c1-3-14(2)33-23(32)20-16-10-7-8-12-18(16)34-22(20)28-19(31)13-30-17-11-6-4-5-9-15(17)21(29-30)24(25,26)27/h14H,3-13H2,1-2H3,(H,28,31). The highest BCUT2D eigenvalue weighted by atomic mass is 32.1. The largest absolute Gasteiger partial charge is 0.459 e. The van der Waals surface area contributed by atoms with E-state index < -0.39 is 23.7 Å². The minimum atomic E-state index is -4.56. The second kappa shape index (κ2) is 10.1. The van der Waals surface area contributed by atoms with Crippen LogP contribution in [0.15, 0.2) is 0 Å². The van der Waals surface area contributed by atoms with Crippen LogP contribution in [0.25, 0.3) is 0 Å². The van der Waals surface area contributed by atoms with Gasteiger partial charge in [0.25, 0.3) is 0 Å². The number of fused-ring (bicyclic) bond motifs is 2. The molecule has 0 fully saturated rings. The van der Waals surface area contributed by atoms with Crippen LogP contribution in [0.2, 0.25) is 0 Å². The predicted molar refractivity (Wildman–Crippen MR) is 123 cm³/mol. The van der Waals surface area contributed by atoms with Crippen LogP contribution in [0.1, 0.15) is 90.1 Å². The molecule has 0 saturated heterocycles. The molecule has 0 spiro atoms. The first-order chi connectivity index (χ1) is 16.2. The Morgan fingerprint density at radius 3 is 2.50 bits per heavy atom. The average molecular weight is 498 g/mol.